The zero-order chi connectivity index (χ0) is 12.3. The van der Waals surface area contributed by atoms with Crippen LogP contribution in [0.15, 0.2) is 18.2 Å². The summed E-state index contributed by atoms with van der Waals surface area (Å²) in [5, 5.41) is 3.62. The predicted octanol–water partition coefficient (Wildman–Crippen LogP) is 3.28. The lowest BCUT2D eigenvalue weighted by atomic mass is 9.80. The summed E-state index contributed by atoms with van der Waals surface area (Å²) in [5.74, 6) is 1.87. The Kier molecular flexibility index (Phi) is 4.06. The number of aryl methyl sites for hydroxylation is 1. The molecule has 2 nitrogen and oxygen atoms in total. The molecule has 1 unspecified atom stereocenters. The maximum absolute atomic E-state index is 5.27. The van der Waals surface area contributed by atoms with Crippen LogP contribution in [0.25, 0.3) is 0 Å². The first-order valence-electron chi connectivity index (χ1n) is 6.57. The van der Waals surface area contributed by atoms with Gasteiger partial charge in [0.25, 0.3) is 0 Å². The van der Waals surface area contributed by atoms with Crippen molar-refractivity contribution in [2.24, 2.45) is 5.92 Å². The molecular weight excluding hydrogens is 210 g/mol. The molecular formula is C15H23NO. The molecule has 0 aliphatic heterocycles. The third-order valence-corrected chi connectivity index (χ3v) is 3.94. The first-order valence-corrected chi connectivity index (χ1v) is 6.57. The molecule has 0 spiro atoms. The Hall–Kier alpha value is -1.02. The Morgan fingerprint density at radius 3 is 2.71 bits per heavy atom. The second-order valence-electron chi connectivity index (χ2n) is 5.16. The minimum Gasteiger partial charge on any atom is -0.496 e. The van der Waals surface area contributed by atoms with Gasteiger partial charge in [-0.2, -0.15) is 0 Å². The molecule has 0 bridgehead atoms. The van der Waals surface area contributed by atoms with Gasteiger partial charge < -0.3 is 10.1 Å². The highest BCUT2D eigenvalue weighted by Crippen LogP contribution is 2.29. The number of benzene rings is 1. The standard InChI is InChI=1S/C15H23NO/c1-11-9-13(7-8-15(11)17-3)10-16-12(2)14-5-4-6-14/h7-9,12,14,16H,4-6,10H2,1-3H3. The molecule has 1 fully saturated rings. The largest absolute Gasteiger partial charge is 0.496 e. The Bertz CT molecular complexity index is 371. The van der Waals surface area contributed by atoms with Crippen LogP contribution in [0.2, 0.25) is 0 Å². The second kappa shape index (κ2) is 5.54. The molecule has 1 N–H and O–H groups in total. The van der Waals surface area contributed by atoms with E-state index in [1.54, 1.807) is 7.11 Å². The molecule has 0 aromatic heterocycles. The minimum absolute atomic E-state index is 0.645. The molecule has 94 valence electrons. The molecule has 1 saturated carbocycles. The SMILES string of the molecule is COc1ccc(CNC(C)C2CCC2)cc1C. The van der Waals surface area contributed by atoms with Crippen molar-refractivity contribution >= 4 is 0 Å². The molecule has 17 heavy (non-hydrogen) atoms. The van der Waals surface area contributed by atoms with Crippen LogP contribution in [0.1, 0.15) is 37.3 Å². The molecule has 1 aromatic rings. The van der Waals surface area contributed by atoms with Crippen molar-refractivity contribution in [2.75, 3.05) is 7.11 Å². The van der Waals surface area contributed by atoms with Gasteiger partial charge in [-0.1, -0.05) is 18.6 Å². The van der Waals surface area contributed by atoms with Crippen molar-refractivity contribution < 1.29 is 4.74 Å². The van der Waals surface area contributed by atoms with Crippen molar-refractivity contribution in [3.8, 4) is 5.75 Å². The van der Waals surface area contributed by atoms with E-state index in [1.807, 2.05) is 0 Å². The zero-order valence-corrected chi connectivity index (χ0v) is 11.1. The molecule has 0 amide bonds. The molecule has 1 aromatic carbocycles. The fraction of sp³-hybridized carbons (Fsp3) is 0.600. The van der Waals surface area contributed by atoms with E-state index in [0.717, 1.165) is 18.2 Å². The number of rotatable bonds is 5. The third kappa shape index (κ3) is 3.01. The predicted molar refractivity (Wildman–Crippen MR) is 71.4 cm³/mol. The fourth-order valence-electron chi connectivity index (χ4n) is 2.44. The first kappa shape index (κ1) is 12.4. The van der Waals surface area contributed by atoms with Crippen LogP contribution in [-0.2, 0) is 6.54 Å². The van der Waals surface area contributed by atoms with Gasteiger partial charge in [-0.15, -0.1) is 0 Å². The van der Waals surface area contributed by atoms with E-state index in [1.165, 1.54) is 30.4 Å². The average Bonchev–Trinajstić information content (AvgIpc) is 2.24. The molecule has 0 radical (unpaired) electrons. The van der Waals surface area contributed by atoms with Crippen LogP contribution >= 0.6 is 0 Å². The van der Waals surface area contributed by atoms with Crippen LogP contribution in [0.5, 0.6) is 5.75 Å². The molecule has 0 saturated heterocycles. The highest BCUT2D eigenvalue weighted by Gasteiger charge is 2.23. The zero-order valence-electron chi connectivity index (χ0n) is 11.1. The van der Waals surface area contributed by atoms with E-state index in [9.17, 15) is 0 Å². The smallest absolute Gasteiger partial charge is 0.121 e. The summed E-state index contributed by atoms with van der Waals surface area (Å²) in [6.45, 7) is 5.36. The Morgan fingerprint density at radius 1 is 1.41 bits per heavy atom. The summed E-state index contributed by atoms with van der Waals surface area (Å²) >= 11 is 0. The molecule has 1 atom stereocenters. The van der Waals surface area contributed by atoms with Crippen molar-refractivity contribution in [1.29, 1.82) is 0 Å². The first-order chi connectivity index (χ1) is 8.20. The summed E-state index contributed by atoms with van der Waals surface area (Å²) in [4.78, 5) is 0. The van der Waals surface area contributed by atoms with E-state index in [0.29, 0.717) is 6.04 Å². The van der Waals surface area contributed by atoms with E-state index in [2.05, 4.69) is 37.4 Å². The summed E-state index contributed by atoms with van der Waals surface area (Å²) in [5.41, 5.74) is 2.55. The number of hydrogen-bond donors (Lipinski definition) is 1. The van der Waals surface area contributed by atoms with Gasteiger partial charge in [-0.3, -0.25) is 0 Å². The van der Waals surface area contributed by atoms with E-state index >= 15 is 0 Å². The Morgan fingerprint density at radius 2 is 2.18 bits per heavy atom. The van der Waals surface area contributed by atoms with Crippen LogP contribution < -0.4 is 10.1 Å². The maximum atomic E-state index is 5.27. The quantitative estimate of drug-likeness (QED) is 0.842. The van der Waals surface area contributed by atoms with Gasteiger partial charge in [0.05, 0.1) is 7.11 Å². The van der Waals surface area contributed by atoms with Gasteiger partial charge in [0.2, 0.25) is 0 Å². The van der Waals surface area contributed by atoms with Crippen LogP contribution in [0, 0.1) is 12.8 Å². The monoisotopic (exact) mass is 233 g/mol. The summed E-state index contributed by atoms with van der Waals surface area (Å²) < 4.78 is 5.27. The van der Waals surface area contributed by atoms with Crippen molar-refractivity contribution in [3.05, 3.63) is 29.3 Å². The van der Waals surface area contributed by atoms with Gasteiger partial charge >= 0.3 is 0 Å². The Labute approximate surface area is 104 Å². The van der Waals surface area contributed by atoms with Gasteiger partial charge in [0, 0.05) is 12.6 Å². The number of methoxy groups -OCH3 is 1. The van der Waals surface area contributed by atoms with Gasteiger partial charge in [0.15, 0.2) is 0 Å². The third-order valence-electron chi connectivity index (χ3n) is 3.94. The molecule has 2 rings (SSSR count). The van der Waals surface area contributed by atoms with E-state index in [-0.39, 0.29) is 0 Å². The van der Waals surface area contributed by atoms with Crippen molar-refractivity contribution in [2.45, 2.75) is 45.7 Å². The van der Waals surface area contributed by atoms with Crippen LogP contribution in [0.3, 0.4) is 0 Å². The van der Waals surface area contributed by atoms with E-state index < -0.39 is 0 Å². The second-order valence-corrected chi connectivity index (χ2v) is 5.16. The van der Waals surface area contributed by atoms with Gasteiger partial charge in [-0.05, 0) is 49.8 Å². The number of hydrogen-bond acceptors (Lipinski definition) is 2. The molecule has 2 heteroatoms. The van der Waals surface area contributed by atoms with E-state index in [4.69, 9.17) is 4.74 Å². The lowest BCUT2D eigenvalue weighted by Gasteiger charge is -2.32. The number of ether oxygens (including phenoxy) is 1. The van der Waals surface area contributed by atoms with Crippen molar-refractivity contribution in [1.82, 2.24) is 5.32 Å². The van der Waals surface area contributed by atoms with Crippen molar-refractivity contribution in [3.63, 3.8) is 0 Å². The summed E-state index contributed by atoms with van der Waals surface area (Å²) in [7, 11) is 1.72. The lowest BCUT2D eigenvalue weighted by molar-refractivity contribution is 0.240. The van der Waals surface area contributed by atoms with Gasteiger partial charge in [-0.25, -0.2) is 0 Å². The van der Waals surface area contributed by atoms with Gasteiger partial charge in [0.1, 0.15) is 5.75 Å². The lowest BCUT2D eigenvalue weighted by Crippen LogP contribution is -2.36. The normalized spacial score (nSPS) is 17.6. The highest BCUT2D eigenvalue weighted by atomic mass is 16.5. The molecule has 0 heterocycles. The van der Waals surface area contributed by atoms with Crippen LogP contribution in [-0.4, -0.2) is 13.2 Å². The average molecular weight is 233 g/mol. The topological polar surface area (TPSA) is 21.3 Å². The Balaban J connectivity index is 1.87. The molecule has 1 aliphatic carbocycles. The summed E-state index contributed by atoms with van der Waals surface area (Å²) in [6, 6.07) is 7.05. The molecule has 1 aliphatic rings. The highest BCUT2D eigenvalue weighted by molar-refractivity contribution is 5.36. The van der Waals surface area contributed by atoms with Crippen LogP contribution in [0.4, 0.5) is 0 Å². The fourth-order valence-corrected chi connectivity index (χ4v) is 2.44. The number of nitrogens with one attached hydrogen (secondary N) is 1. The summed E-state index contributed by atoms with van der Waals surface area (Å²) in [6.07, 6.45) is 4.21. The maximum Gasteiger partial charge on any atom is 0.121 e. The minimum atomic E-state index is 0.645.